The minimum Gasteiger partial charge on any atom is -0.454 e. The molecule has 1 fully saturated rings. The van der Waals surface area contributed by atoms with Crippen molar-refractivity contribution < 1.29 is 9.47 Å². The van der Waals surface area contributed by atoms with Crippen LogP contribution in [-0.4, -0.2) is 48.9 Å². The molecule has 26 heavy (non-hydrogen) atoms. The minimum absolute atomic E-state index is 0.333. The Morgan fingerprint density at radius 3 is 2.73 bits per heavy atom. The van der Waals surface area contributed by atoms with Crippen LogP contribution in [0.15, 0.2) is 42.6 Å². The molecule has 1 saturated heterocycles. The van der Waals surface area contributed by atoms with E-state index in [-0.39, 0.29) is 0 Å². The molecule has 1 aromatic heterocycles. The molecule has 2 aromatic rings. The van der Waals surface area contributed by atoms with Gasteiger partial charge in [-0.3, -0.25) is 4.98 Å². The number of fused-ring (bicyclic) bond motifs is 1. The van der Waals surface area contributed by atoms with Gasteiger partial charge in [-0.25, -0.2) is 0 Å². The van der Waals surface area contributed by atoms with Gasteiger partial charge in [-0.2, -0.15) is 0 Å². The van der Waals surface area contributed by atoms with Crippen LogP contribution in [-0.2, 0) is 6.42 Å². The van der Waals surface area contributed by atoms with Crippen LogP contribution in [0.4, 0.5) is 5.69 Å². The van der Waals surface area contributed by atoms with Crippen LogP contribution in [0.2, 0.25) is 0 Å². The Balaban J connectivity index is 1.33. The smallest absolute Gasteiger partial charge is 0.231 e. The molecule has 0 aliphatic carbocycles. The van der Waals surface area contributed by atoms with E-state index in [0.717, 1.165) is 31.0 Å². The Kier molecular flexibility index (Phi) is 4.98. The maximum absolute atomic E-state index is 5.51. The summed E-state index contributed by atoms with van der Waals surface area (Å²) in [5.74, 6) is 1.72. The average Bonchev–Trinajstić information content (AvgIpc) is 3.16. The Morgan fingerprint density at radius 2 is 1.96 bits per heavy atom. The second-order valence-corrected chi connectivity index (χ2v) is 7.30. The molecular formula is C21H27N3O2. The third-order valence-electron chi connectivity index (χ3n) is 5.69. The van der Waals surface area contributed by atoms with E-state index in [0.29, 0.717) is 18.9 Å². The first-order chi connectivity index (χ1) is 12.7. The summed E-state index contributed by atoms with van der Waals surface area (Å²) in [5, 5.41) is 0. The topological polar surface area (TPSA) is 37.8 Å². The molecule has 4 rings (SSSR count). The average molecular weight is 353 g/mol. The highest BCUT2D eigenvalue weighted by Gasteiger charge is 2.26. The van der Waals surface area contributed by atoms with Crippen LogP contribution in [0.1, 0.15) is 25.5 Å². The minimum atomic E-state index is 0.333. The highest BCUT2D eigenvalue weighted by atomic mass is 16.7. The molecule has 0 spiro atoms. The Labute approximate surface area is 155 Å². The lowest BCUT2D eigenvalue weighted by Gasteiger charge is -2.40. The number of nitrogens with zero attached hydrogens (tertiary/aromatic N) is 3. The number of piperidine rings is 1. The van der Waals surface area contributed by atoms with Gasteiger partial charge in [0, 0.05) is 55.2 Å². The van der Waals surface area contributed by atoms with Crippen molar-refractivity contribution in [3.05, 3.63) is 48.3 Å². The molecule has 0 amide bonds. The van der Waals surface area contributed by atoms with E-state index >= 15 is 0 Å². The van der Waals surface area contributed by atoms with Crippen molar-refractivity contribution in [2.45, 2.75) is 38.3 Å². The fraction of sp³-hybridized carbons (Fsp3) is 0.476. The molecule has 0 saturated carbocycles. The molecule has 2 aliphatic rings. The van der Waals surface area contributed by atoms with Crippen molar-refractivity contribution >= 4 is 5.69 Å². The molecule has 1 unspecified atom stereocenters. The molecule has 0 bridgehead atoms. The molecule has 5 nitrogen and oxygen atoms in total. The van der Waals surface area contributed by atoms with Gasteiger partial charge < -0.3 is 19.3 Å². The van der Waals surface area contributed by atoms with Crippen molar-refractivity contribution in [3.63, 3.8) is 0 Å². The Bertz CT molecular complexity index is 729. The third kappa shape index (κ3) is 3.63. The molecule has 2 aliphatic heterocycles. The summed E-state index contributed by atoms with van der Waals surface area (Å²) in [5.41, 5.74) is 2.40. The second kappa shape index (κ2) is 7.54. The number of hydrogen-bond acceptors (Lipinski definition) is 5. The van der Waals surface area contributed by atoms with Crippen molar-refractivity contribution in [3.8, 4) is 11.5 Å². The number of pyridine rings is 1. The summed E-state index contributed by atoms with van der Waals surface area (Å²) in [7, 11) is 2.26. The first-order valence-corrected chi connectivity index (χ1v) is 9.47. The van der Waals surface area contributed by atoms with Crippen molar-refractivity contribution in [1.82, 2.24) is 9.88 Å². The van der Waals surface area contributed by atoms with Crippen LogP contribution >= 0.6 is 0 Å². The van der Waals surface area contributed by atoms with Crippen LogP contribution in [0.25, 0.3) is 0 Å². The predicted octanol–water partition coefficient (Wildman–Crippen LogP) is 3.34. The number of anilines is 1. The van der Waals surface area contributed by atoms with E-state index < -0.39 is 0 Å². The molecule has 1 aromatic carbocycles. The molecule has 3 heterocycles. The number of hydrogen-bond donors (Lipinski definition) is 0. The zero-order valence-electron chi connectivity index (χ0n) is 15.6. The molecule has 138 valence electrons. The van der Waals surface area contributed by atoms with E-state index in [9.17, 15) is 0 Å². The van der Waals surface area contributed by atoms with E-state index in [1.807, 2.05) is 18.3 Å². The zero-order valence-corrected chi connectivity index (χ0v) is 15.6. The molecule has 5 heteroatoms. The van der Waals surface area contributed by atoms with Crippen LogP contribution in [0, 0.1) is 0 Å². The summed E-state index contributed by atoms with van der Waals surface area (Å²) in [6, 6.07) is 13.5. The highest BCUT2D eigenvalue weighted by molar-refractivity contribution is 5.57. The summed E-state index contributed by atoms with van der Waals surface area (Å²) in [6.07, 6.45) is 5.24. The van der Waals surface area contributed by atoms with E-state index in [2.05, 4.69) is 53.0 Å². The van der Waals surface area contributed by atoms with Gasteiger partial charge in [-0.15, -0.1) is 0 Å². The van der Waals surface area contributed by atoms with Gasteiger partial charge in [0.15, 0.2) is 11.5 Å². The molecule has 1 atom stereocenters. The fourth-order valence-electron chi connectivity index (χ4n) is 3.94. The maximum Gasteiger partial charge on any atom is 0.231 e. The summed E-state index contributed by atoms with van der Waals surface area (Å²) in [4.78, 5) is 9.46. The van der Waals surface area contributed by atoms with E-state index in [1.165, 1.54) is 24.2 Å². The van der Waals surface area contributed by atoms with Gasteiger partial charge >= 0.3 is 0 Å². The Hall–Kier alpha value is -2.27. The summed E-state index contributed by atoms with van der Waals surface area (Å²) in [6.45, 7) is 4.79. The van der Waals surface area contributed by atoms with Crippen molar-refractivity contribution in [1.29, 1.82) is 0 Å². The van der Waals surface area contributed by atoms with E-state index in [4.69, 9.17) is 9.47 Å². The lowest BCUT2D eigenvalue weighted by molar-refractivity contribution is 0.157. The number of ether oxygens (including phenoxy) is 2. The van der Waals surface area contributed by atoms with Gasteiger partial charge in [0.05, 0.1) is 0 Å². The first kappa shape index (κ1) is 17.2. The summed E-state index contributed by atoms with van der Waals surface area (Å²) >= 11 is 0. The van der Waals surface area contributed by atoms with Crippen LogP contribution in [0.3, 0.4) is 0 Å². The van der Waals surface area contributed by atoms with Gasteiger partial charge in [0.1, 0.15) is 0 Å². The van der Waals surface area contributed by atoms with Crippen LogP contribution in [0.5, 0.6) is 11.5 Å². The largest absolute Gasteiger partial charge is 0.454 e. The summed E-state index contributed by atoms with van der Waals surface area (Å²) < 4.78 is 10.9. The number of aromatic nitrogens is 1. The lowest BCUT2D eigenvalue weighted by Crippen LogP contribution is -2.47. The normalized spacial score (nSPS) is 18.3. The van der Waals surface area contributed by atoms with Crippen LogP contribution < -0.4 is 14.4 Å². The lowest BCUT2D eigenvalue weighted by atomic mass is 10.00. The van der Waals surface area contributed by atoms with E-state index in [1.54, 1.807) is 0 Å². The van der Waals surface area contributed by atoms with Gasteiger partial charge in [0.25, 0.3) is 0 Å². The quantitative estimate of drug-likeness (QED) is 0.824. The number of benzene rings is 1. The molecule has 0 N–H and O–H groups in total. The first-order valence-electron chi connectivity index (χ1n) is 9.47. The maximum atomic E-state index is 5.51. The van der Waals surface area contributed by atoms with Gasteiger partial charge in [0.2, 0.25) is 6.79 Å². The zero-order chi connectivity index (χ0) is 17.9. The van der Waals surface area contributed by atoms with Crippen molar-refractivity contribution in [2.24, 2.45) is 0 Å². The SMILES string of the molecule is CC(Cc1ccccn1)N(C)C1CCN(c2ccc3c(c2)OCO3)CC1. The number of rotatable bonds is 5. The Morgan fingerprint density at radius 1 is 1.15 bits per heavy atom. The fourth-order valence-corrected chi connectivity index (χ4v) is 3.94. The third-order valence-corrected chi connectivity index (χ3v) is 5.69. The standard InChI is InChI=1S/C21H27N3O2/c1-16(13-17-5-3-4-10-22-17)23(2)18-8-11-24(12-9-18)19-6-7-20-21(14-19)26-15-25-20/h3-7,10,14,16,18H,8-9,11-13,15H2,1-2H3. The van der Waals surface area contributed by atoms with Crippen molar-refractivity contribution in [2.75, 3.05) is 31.8 Å². The predicted molar refractivity (Wildman–Crippen MR) is 103 cm³/mol. The monoisotopic (exact) mass is 353 g/mol. The molecular weight excluding hydrogens is 326 g/mol. The highest BCUT2D eigenvalue weighted by Crippen LogP contribution is 2.36. The van der Waals surface area contributed by atoms with Gasteiger partial charge in [-0.05, 0) is 51.1 Å². The molecule has 0 radical (unpaired) electrons. The van der Waals surface area contributed by atoms with Gasteiger partial charge in [-0.1, -0.05) is 6.07 Å². The number of likely N-dealkylation sites (N-methyl/N-ethyl adjacent to an activating group) is 1. The second-order valence-electron chi connectivity index (χ2n) is 7.30.